The van der Waals surface area contributed by atoms with Gasteiger partial charge in [-0.1, -0.05) is 25.6 Å². The van der Waals surface area contributed by atoms with Crippen LogP contribution in [0.5, 0.6) is 0 Å². The maximum Gasteiger partial charge on any atom is 0.416 e. The van der Waals surface area contributed by atoms with Gasteiger partial charge in [0.15, 0.2) is 5.82 Å². The molecule has 0 bridgehead atoms. The first-order valence-corrected chi connectivity index (χ1v) is 10.2. The van der Waals surface area contributed by atoms with Crippen molar-refractivity contribution in [1.29, 1.82) is 0 Å². The normalized spacial score (nSPS) is 16.6. The summed E-state index contributed by atoms with van der Waals surface area (Å²) in [6.07, 6.45) is 0.734. The highest BCUT2D eigenvalue weighted by atomic mass is 19.4. The standard InChI is InChI=1S/C22H24F3N5O/c1-3-9-30-14-29(4-2)20-18(21(30)31)26-19(27-20)16-8-10-28(13-16)12-15-6-5-7-17(11-15)22(23,24)25/h4-7,11,13H,2-3,8-10,12,14H2,1H3,(H,26,27). The second kappa shape index (κ2) is 8.13. The molecule has 0 fully saturated rings. The number of carbonyl (C=O) groups excluding carboxylic acids is 1. The number of benzene rings is 1. The fourth-order valence-corrected chi connectivity index (χ4v) is 3.93. The van der Waals surface area contributed by atoms with Crippen LogP contribution in [0.25, 0.3) is 5.57 Å². The molecule has 0 unspecified atom stereocenters. The number of hydrogen-bond acceptors (Lipinski definition) is 4. The van der Waals surface area contributed by atoms with Crippen LogP contribution in [0.3, 0.4) is 0 Å². The first kappa shape index (κ1) is 21.0. The Bertz CT molecular complexity index is 1030. The zero-order valence-electron chi connectivity index (χ0n) is 17.2. The van der Waals surface area contributed by atoms with Gasteiger partial charge in [0, 0.05) is 37.6 Å². The topological polar surface area (TPSA) is 55.5 Å². The van der Waals surface area contributed by atoms with Gasteiger partial charge in [-0.3, -0.25) is 4.79 Å². The fraction of sp³-hybridized carbons (Fsp3) is 0.364. The highest BCUT2D eigenvalue weighted by Crippen LogP contribution is 2.32. The molecule has 164 valence electrons. The van der Waals surface area contributed by atoms with E-state index in [1.54, 1.807) is 17.2 Å². The molecule has 9 heteroatoms. The smallest absolute Gasteiger partial charge is 0.372 e. The summed E-state index contributed by atoms with van der Waals surface area (Å²) in [5, 5.41) is 0. The van der Waals surface area contributed by atoms with Crippen LogP contribution in [0.1, 0.15) is 47.2 Å². The van der Waals surface area contributed by atoms with Crippen LogP contribution in [-0.2, 0) is 12.7 Å². The molecule has 0 radical (unpaired) electrons. The lowest BCUT2D eigenvalue weighted by Crippen LogP contribution is -2.44. The highest BCUT2D eigenvalue weighted by Gasteiger charge is 2.33. The average molecular weight is 431 g/mol. The molecule has 0 atom stereocenters. The van der Waals surface area contributed by atoms with Crippen LogP contribution in [0.2, 0.25) is 0 Å². The minimum absolute atomic E-state index is 0.0897. The van der Waals surface area contributed by atoms with Gasteiger partial charge in [0.25, 0.3) is 5.91 Å². The fourth-order valence-electron chi connectivity index (χ4n) is 3.93. The second-order valence-corrected chi connectivity index (χ2v) is 7.72. The summed E-state index contributed by atoms with van der Waals surface area (Å²) in [4.78, 5) is 26.1. The Morgan fingerprint density at radius 1 is 1.32 bits per heavy atom. The number of nitrogens with zero attached hydrogens (tertiary/aromatic N) is 4. The molecule has 2 aromatic rings. The summed E-state index contributed by atoms with van der Waals surface area (Å²) < 4.78 is 38.9. The van der Waals surface area contributed by atoms with E-state index >= 15 is 0 Å². The number of alkyl halides is 3. The molecule has 1 amide bonds. The SMILES string of the molecule is C=CN1CN(CCC)C(=O)c2[nH]c(C3=CN(Cc4cccc(C(F)(F)F)c4)CC3)nc21. The quantitative estimate of drug-likeness (QED) is 0.734. The Labute approximate surface area is 178 Å². The Morgan fingerprint density at radius 3 is 2.84 bits per heavy atom. The van der Waals surface area contributed by atoms with E-state index in [9.17, 15) is 18.0 Å². The van der Waals surface area contributed by atoms with Crippen molar-refractivity contribution < 1.29 is 18.0 Å². The minimum Gasteiger partial charge on any atom is -0.372 e. The number of carbonyl (C=O) groups is 1. The Balaban J connectivity index is 1.54. The first-order valence-electron chi connectivity index (χ1n) is 10.2. The number of amides is 1. The molecule has 1 aromatic heterocycles. The lowest BCUT2D eigenvalue weighted by atomic mass is 10.1. The van der Waals surface area contributed by atoms with Gasteiger partial charge >= 0.3 is 6.18 Å². The highest BCUT2D eigenvalue weighted by molar-refractivity contribution is 5.99. The number of hydrogen-bond donors (Lipinski definition) is 1. The molecule has 1 aromatic carbocycles. The van der Waals surface area contributed by atoms with E-state index in [2.05, 4.69) is 16.5 Å². The largest absolute Gasteiger partial charge is 0.416 e. The maximum atomic E-state index is 13.0. The number of aromatic amines is 1. The molecule has 6 nitrogen and oxygen atoms in total. The van der Waals surface area contributed by atoms with Gasteiger partial charge < -0.3 is 19.7 Å². The third-order valence-corrected chi connectivity index (χ3v) is 5.45. The average Bonchev–Trinajstić information content (AvgIpc) is 3.37. The van der Waals surface area contributed by atoms with Crippen molar-refractivity contribution in [2.45, 2.75) is 32.5 Å². The van der Waals surface area contributed by atoms with Gasteiger partial charge in [0.2, 0.25) is 0 Å². The van der Waals surface area contributed by atoms with Gasteiger partial charge in [-0.15, -0.1) is 0 Å². The third kappa shape index (κ3) is 4.17. The number of halogens is 3. The van der Waals surface area contributed by atoms with Crippen LogP contribution < -0.4 is 4.90 Å². The number of imidazole rings is 1. The third-order valence-electron chi connectivity index (χ3n) is 5.45. The van der Waals surface area contributed by atoms with Crippen LogP contribution in [0, 0.1) is 0 Å². The van der Waals surface area contributed by atoms with Crippen molar-refractivity contribution >= 4 is 17.3 Å². The van der Waals surface area contributed by atoms with Gasteiger partial charge in [-0.25, -0.2) is 4.98 Å². The summed E-state index contributed by atoms with van der Waals surface area (Å²) in [5.74, 6) is 1.07. The van der Waals surface area contributed by atoms with Crippen molar-refractivity contribution in [3.05, 3.63) is 65.9 Å². The Kier molecular flexibility index (Phi) is 5.51. The van der Waals surface area contributed by atoms with Gasteiger partial charge in [0.1, 0.15) is 11.5 Å². The van der Waals surface area contributed by atoms with Gasteiger partial charge in [-0.05, 0) is 30.5 Å². The summed E-state index contributed by atoms with van der Waals surface area (Å²) in [7, 11) is 0. The molecule has 2 aliphatic heterocycles. The van der Waals surface area contributed by atoms with Gasteiger partial charge in [-0.2, -0.15) is 13.2 Å². The summed E-state index contributed by atoms with van der Waals surface area (Å²) in [6.45, 7) is 7.93. The minimum atomic E-state index is -4.36. The maximum absolute atomic E-state index is 13.0. The van der Waals surface area contributed by atoms with Crippen LogP contribution >= 0.6 is 0 Å². The molecular formula is C22H24F3N5O. The predicted octanol–water partition coefficient (Wildman–Crippen LogP) is 4.45. The van der Waals surface area contributed by atoms with E-state index in [0.717, 1.165) is 18.1 Å². The van der Waals surface area contributed by atoms with E-state index in [4.69, 9.17) is 0 Å². The summed E-state index contributed by atoms with van der Waals surface area (Å²) in [6, 6.07) is 5.37. The number of anilines is 1. The number of nitrogens with one attached hydrogen (secondary N) is 1. The van der Waals surface area contributed by atoms with E-state index in [1.807, 2.05) is 22.9 Å². The molecule has 0 saturated heterocycles. The zero-order valence-corrected chi connectivity index (χ0v) is 17.2. The summed E-state index contributed by atoms with van der Waals surface area (Å²) >= 11 is 0. The molecule has 0 spiro atoms. The van der Waals surface area contributed by atoms with Crippen molar-refractivity contribution in [2.24, 2.45) is 0 Å². The van der Waals surface area contributed by atoms with E-state index in [1.165, 1.54) is 12.1 Å². The van der Waals surface area contributed by atoms with E-state index < -0.39 is 11.7 Å². The molecule has 4 rings (SSSR count). The molecule has 31 heavy (non-hydrogen) atoms. The van der Waals surface area contributed by atoms with Crippen LogP contribution in [0.4, 0.5) is 19.0 Å². The molecular weight excluding hydrogens is 407 g/mol. The lowest BCUT2D eigenvalue weighted by Gasteiger charge is -2.32. The first-order chi connectivity index (χ1) is 14.8. The number of aromatic nitrogens is 2. The number of rotatable bonds is 6. The zero-order chi connectivity index (χ0) is 22.2. The Hall–Kier alpha value is -3.23. The van der Waals surface area contributed by atoms with Crippen molar-refractivity contribution in [3.8, 4) is 0 Å². The van der Waals surface area contributed by atoms with Crippen molar-refractivity contribution in [2.75, 3.05) is 24.7 Å². The molecule has 0 aliphatic carbocycles. The molecule has 2 aliphatic rings. The number of H-pyrrole nitrogens is 1. The van der Waals surface area contributed by atoms with Crippen LogP contribution in [-0.4, -0.2) is 45.4 Å². The van der Waals surface area contributed by atoms with Crippen LogP contribution in [0.15, 0.2) is 43.2 Å². The van der Waals surface area contributed by atoms with Gasteiger partial charge in [0.05, 0.1) is 12.2 Å². The number of fused-ring (bicyclic) bond motifs is 1. The monoisotopic (exact) mass is 431 g/mol. The second-order valence-electron chi connectivity index (χ2n) is 7.72. The van der Waals surface area contributed by atoms with Crippen molar-refractivity contribution in [1.82, 2.24) is 19.8 Å². The molecule has 1 N–H and O–H groups in total. The summed E-state index contributed by atoms with van der Waals surface area (Å²) in [5.41, 5.74) is 1.30. The lowest BCUT2D eigenvalue weighted by molar-refractivity contribution is -0.137. The predicted molar refractivity (Wildman–Crippen MR) is 112 cm³/mol. The Morgan fingerprint density at radius 2 is 2.13 bits per heavy atom. The van der Waals surface area contributed by atoms with E-state index in [0.29, 0.717) is 55.6 Å². The molecule has 0 saturated carbocycles. The van der Waals surface area contributed by atoms with Crippen molar-refractivity contribution in [3.63, 3.8) is 0 Å². The molecule has 3 heterocycles. The van der Waals surface area contributed by atoms with E-state index in [-0.39, 0.29) is 5.91 Å².